The minimum absolute atomic E-state index is 0.0622. The first kappa shape index (κ1) is 13.2. The molecule has 2 rings (SSSR count). The molecule has 1 aromatic heterocycles. The van der Waals surface area contributed by atoms with Crippen LogP contribution in [-0.2, 0) is 0 Å². The summed E-state index contributed by atoms with van der Waals surface area (Å²) in [4.78, 5) is 17.9. The molecule has 6 N–H and O–H groups in total. The van der Waals surface area contributed by atoms with Crippen LogP contribution < -0.4 is 11.5 Å². The fourth-order valence-electron chi connectivity index (χ4n) is 1.38. The predicted octanol–water partition coefficient (Wildman–Crippen LogP) is 1.46. The van der Waals surface area contributed by atoms with E-state index >= 15 is 0 Å². The van der Waals surface area contributed by atoms with Crippen LogP contribution in [0.4, 0.5) is 23.1 Å². The molecule has 0 aliphatic rings. The first-order chi connectivity index (χ1) is 9.47. The van der Waals surface area contributed by atoms with Crippen molar-refractivity contribution in [3.05, 3.63) is 29.8 Å². The second-order valence-corrected chi connectivity index (χ2v) is 3.69. The van der Waals surface area contributed by atoms with Gasteiger partial charge in [-0.2, -0.15) is 15.1 Å². The molecule has 0 radical (unpaired) electrons. The third kappa shape index (κ3) is 2.77. The molecule has 0 bridgehead atoms. The van der Waals surface area contributed by atoms with Crippen LogP contribution in [0.5, 0.6) is 5.88 Å². The van der Waals surface area contributed by atoms with Gasteiger partial charge >= 0.3 is 5.97 Å². The number of azo groups is 1. The van der Waals surface area contributed by atoms with E-state index in [0.29, 0.717) is 0 Å². The number of nitrogen functional groups attached to an aromatic ring is 2. The van der Waals surface area contributed by atoms with Crippen molar-refractivity contribution in [3.8, 4) is 5.88 Å². The first-order valence-electron chi connectivity index (χ1n) is 5.34. The molecular weight excluding hydrogens is 264 g/mol. The van der Waals surface area contributed by atoms with Crippen molar-refractivity contribution in [2.45, 2.75) is 0 Å². The highest BCUT2D eigenvalue weighted by molar-refractivity contribution is 5.88. The van der Waals surface area contributed by atoms with Crippen LogP contribution in [0, 0.1) is 0 Å². The molecule has 9 heteroatoms. The van der Waals surface area contributed by atoms with Gasteiger partial charge < -0.3 is 21.7 Å². The lowest BCUT2D eigenvalue weighted by Crippen LogP contribution is -1.99. The summed E-state index contributed by atoms with van der Waals surface area (Å²) < 4.78 is 0. The first-order valence-corrected chi connectivity index (χ1v) is 5.34. The number of aromatic carboxylic acids is 1. The highest BCUT2D eigenvalue weighted by atomic mass is 16.4. The Bertz CT molecular complexity index is 677. The Hall–Kier alpha value is -3.23. The molecule has 0 aliphatic carbocycles. The van der Waals surface area contributed by atoms with Gasteiger partial charge in [-0.25, -0.2) is 4.79 Å². The van der Waals surface area contributed by atoms with Crippen molar-refractivity contribution in [2.24, 2.45) is 10.2 Å². The normalized spacial score (nSPS) is 10.8. The van der Waals surface area contributed by atoms with E-state index in [1.54, 1.807) is 6.07 Å². The molecule has 0 amide bonds. The summed E-state index contributed by atoms with van der Waals surface area (Å²) in [7, 11) is 0. The van der Waals surface area contributed by atoms with Crippen molar-refractivity contribution < 1.29 is 15.0 Å². The lowest BCUT2D eigenvalue weighted by Gasteiger charge is -2.01. The summed E-state index contributed by atoms with van der Waals surface area (Å²) in [6, 6.07) is 5.79. The van der Waals surface area contributed by atoms with E-state index in [9.17, 15) is 9.90 Å². The summed E-state index contributed by atoms with van der Waals surface area (Å²) in [5, 5.41) is 25.8. The average Bonchev–Trinajstić information content (AvgIpc) is 2.37. The van der Waals surface area contributed by atoms with Crippen molar-refractivity contribution in [2.75, 3.05) is 11.5 Å². The maximum atomic E-state index is 10.8. The molecule has 1 aromatic carbocycles. The molecule has 20 heavy (non-hydrogen) atoms. The number of rotatable bonds is 3. The fraction of sp³-hybridized carbons (Fsp3) is 0. The molecule has 0 fully saturated rings. The van der Waals surface area contributed by atoms with Crippen molar-refractivity contribution in [1.29, 1.82) is 0 Å². The summed E-state index contributed by atoms with van der Waals surface area (Å²) in [5.74, 6) is -1.91. The SMILES string of the molecule is Nc1nc(N)c(N=Nc2cccc(C(=O)O)c2)c(O)n1. The Kier molecular flexibility index (Phi) is 3.42. The lowest BCUT2D eigenvalue weighted by atomic mass is 10.2. The van der Waals surface area contributed by atoms with E-state index in [0.717, 1.165) is 0 Å². The van der Waals surface area contributed by atoms with Crippen molar-refractivity contribution >= 4 is 29.1 Å². The summed E-state index contributed by atoms with van der Waals surface area (Å²) in [6.07, 6.45) is 0. The topological polar surface area (TPSA) is 160 Å². The number of hydrogen-bond acceptors (Lipinski definition) is 8. The van der Waals surface area contributed by atoms with Crippen LogP contribution in [-0.4, -0.2) is 26.2 Å². The lowest BCUT2D eigenvalue weighted by molar-refractivity contribution is 0.0697. The van der Waals surface area contributed by atoms with Crippen LogP contribution in [0.2, 0.25) is 0 Å². The van der Waals surface area contributed by atoms with Crippen LogP contribution >= 0.6 is 0 Å². The van der Waals surface area contributed by atoms with E-state index in [1.807, 2.05) is 0 Å². The average molecular weight is 274 g/mol. The predicted molar refractivity (Wildman–Crippen MR) is 70.1 cm³/mol. The Labute approximate surface area is 112 Å². The molecule has 1 heterocycles. The Morgan fingerprint density at radius 1 is 1.20 bits per heavy atom. The van der Waals surface area contributed by atoms with Crippen LogP contribution in [0.15, 0.2) is 34.5 Å². The third-order valence-electron chi connectivity index (χ3n) is 2.27. The van der Waals surface area contributed by atoms with Gasteiger partial charge in [0, 0.05) is 0 Å². The minimum Gasteiger partial charge on any atom is -0.492 e. The zero-order valence-corrected chi connectivity index (χ0v) is 10.1. The van der Waals surface area contributed by atoms with Gasteiger partial charge in [-0.15, -0.1) is 5.11 Å². The van der Waals surface area contributed by atoms with E-state index < -0.39 is 11.8 Å². The zero-order valence-electron chi connectivity index (χ0n) is 10.1. The van der Waals surface area contributed by atoms with E-state index in [-0.39, 0.29) is 28.7 Å². The molecule has 102 valence electrons. The smallest absolute Gasteiger partial charge is 0.335 e. The molecule has 0 unspecified atom stereocenters. The minimum atomic E-state index is -1.08. The number of aromatic nitrogens is 2. The van der Waals surface area contributed by atoms with E-state index in [1.165, 1.54) is 18.2 Å². The molecule has 2 aromatic rings. The zero-order chi connectivity index (χ0) is 14.7. The second-order valence-electron chi connectivity index (χ2n) is 3.69. The number of anilines is 2. The van der Waals surface area contributed by atoms with Crippen molar-refractivity contribution in [3.63, 3.8) is 0 Å². The van der Waals surface area contributed by atoms with Crippen LogP contribution in [0.3, 0.4) is 0 Å². The summed E-state index contributed by atoms with van der Waals surface area (Å²) in [5.41, 5.74) is 11.0. The van der Waals surface area contributed by atoms with Gasteiger partial charge in [0.05, 0.1) is 11.3 Å². The fourth-order valence-corrected chi connectivity index (χ4v) is 1.38. The van der Waals surface area contributed by atoms with Gasteiger partial charge in [-0.1, -0.05) is 6.07 Å². The quantitative estimate of drug-likeness (QED) is 0.616. The number of carboxylic acids is 1. The number of nitrogens with zero attached hydrogens (tertiary/aromatic N) is 4. The van der Waals surface area contributed by atoms with Gasteiger partial charge in [-0.05, 0) is 18.2 Å². The molecule has 0 atom stereocenters. The molecule has 9 nitrogen and oxygen atoms in total. The number of benzene rings is 1. The summed E-state index contributed by atoms with van der Waals surface area (Å²) in [6.45, 7) is 0. The summed E-state index contributed by atoms with van der Waals surface area (Å²) >= 11 is 0. The standard InChI is InChI=1S/C11H10N6O3/c12-8-7(9(18)15-11(13)14-8)17-16-6-3-1-2-5(4-6)10(19)20/h1-4H,(H,19,20)(H5,12,13,14,15,18). The number of carboxylic acid groups (broad SMARTS) is 1. The van der Waals surface area contributed by atoms with Gasteiger partial charge in [0.25, 0.3) is 0 Å². The maximum absolute atomic E-state index is 10.8. The number of aromatic hydroxyl groups is 1. The van der Waals surface area contributed by atoms with Gasteiger partial charge in [0.15, 0.2) is 11.5 Å². The highest BCUT2D eigenvalue weighted by Crippen LogP contribution is 2.31. The Balaban J connectivity index is 2.35. The molecule has 0 saturated heterocycles. The molecular formula is C11H10N6O3. The number of carbonyl (C=O) groups is 1. The van der Waals surface area contributed by atoms with Gasteiger partial charge in [-0.3, -0.25) is 0 Å². The van der Waals surface area contributed by atoms with Crippen LogP contribution in [0.1, 0.15) is 10.4 Å². The van der Waals surface area contributed by atoms with E-state index in [2.05, 4.69) is 20.2 Å². The van der Waals surface area contributed by atoms with Crippen molar-refractivity contribution in [1.82, 2.24) is 9.97 Å². The third-order valence-corrected chi connectivity index (χ3v) is 2.27. The maximum Gasteiger partial charge on any atom is 0.335 e. The number of nitrogens with two attached hydrogens (primary N) is 2. The van der Waals surface area contributed by atoms with Gasteiger partial charge in [0.2, 0.25) is 11.8 Å². The largest absolute Gasteiger partial charge is 0.492 e. The highest BCUT2D eigenvalue weighted by Gasteiger charge is 2.10. The number of hydrogen-bond donors (Lipinski definition) is 4. The van der Waals surface area contributed by atoms with Gasteiger partial charge in [0.1, 0.15) is 0 Å². The molecule has 0 aliphatic heterocycles. The second kappa shape index (κ2) is 5.18. The monoisotopic (exact) mass is 274 g/mol. The van der Waals surface area contributed by atoms with E-state index in [4.69, 9.17) is 16.6 Å². The Morgan fingerprint density at radius 2 is 1.95 bits per heavy atom. The Morgan fingerprint density at radius 3 is 2.60 bits per heavy atom. The molecule has 0 saturated carbocycles. The molecule has 0 spiro atoms. The van der Waals surface area contributed by atoms with Crippen LogP contribution in [0.25, 0.3) is 0 Å².